The minimum atomic E-state index is -0.701. The maximum Gasteiger partial charge on any atom is 0.319 e. The standard InChI is InChI=1S/C26H33N5O5S/c1-3-27-25(35)28-22-21(18-7-4-5-8-19(18)37-22)23(33)29-13-9-17(10-14-29)30-12-6-11-26(16-30)15-20(32)31(36-2)24(26)34/h4-5,7-8,17H,3,6,9-16H2,1-2H3,(H2,27,28,35). The van der Waals surface area contributed by atoms with Gasteiger partial charge in [0.15, 0.2) is 0 Å². The van der Waals surface area contributed by atoms with Crippen molar-refractivity contribution in [2.24, 2.45) is 5.41 Å². The third kappa shape index (κ3) is 4.71. The molecule has 1 aromatic carbocycles. The predicted molar refractivity (Wildman–Crippen MR) is 140 cm³/mol. The van der Waals surface area contributed by atoms with Gasteiger partial charge in [0.1, 0.15) is 5.00 Å². The van der Waals surface area contributed by atoms with Gasteiger partial charge in [-0.25, -0.2) is 4.79 Å². The van der Waals surface area contributed by atoms with Crippen molar-refractivity contribution in [3.63, 3.8) is 0 Å². The van der Waals surface area contributed by atoms with E-state index in [4.69, 9.17) is 4.84 Å². The van der Waals surface area contributed by atoms with Crippen molar-refractivity contribution >= 4 is 50.2 Å². The van der Waals surface area contributed by atoms with Gasteiger partial charge in [-0.1, -0.05) is 18.2 Å². The highest BCUT2D eigenvalue weighted by Gasteiger charge is 2.54. The molecule has 3 saturated heterocycles. The molecule has 2 aromatic rings. The van der Waals surface area contributed by atoms with Gasteiger partial charge in [-0.15, -0.1) is 11.3 Å². The maximum atomic E-state index is 13.7. The molecule has 3 aliphatic heterocycles. The van der Waals surface area contributed by atoms with Gasteiger partial charge >= 0.3 is 6.03 Å². The van der Waals surface area contributed by atoms with Crippen LogP contribution in [-0.4, -0.2) is 84.5 Å². The molecule has 2 N–H and O–H groups in total. The Morgan fingerprint density at radius 1 is 1.16 bits per heavy atom. The summed E-state index contributed by atoms with van der Waals surface area (Å²) >= 11 is 1.41. The molecule has 3 fully saturated rings. The fourth-order valence-electron chi connectivity index (χ4n) is 5.99. The summed E-state index contributed by atoms with van der Waals surface area (Å²) in [5, 5.41) is 7.92. The molecule has 5 amide bonds. The van der Waals surface area contributed by atoms with Crippen molar-refractivity contribution in [3.05, 3.63) is 29.8 Å². The first kappa shape index (κ1) is 25.6. The number of imide groups is 1. The van der Waals surface area contributed by atoms with Crippen LogP contribution in [0, 0.1) is 5.41 Å². The summed E-state index contributed by atoms with van der Waals surface area (Å²) in [6.07, 6.45) is 3.32. The van der Waals surface area contributed by atoms with Crippen LogP contribution in [0.15, 0.2) is 24.3 Å². The minimum absolute atomic E-state index is 0.0786. The second-order valence-corrected chi connectivity index (χ2v) is 11.1. The maximum absolute atomic E-state index is 13.7. The molecule has 5 rings (SSSR count). The molecule has 11 heteroatoms. The van der Waals surface area contributed by atoms with E-state index in [1.165, 1.54) is 18.4 Å². The molecule has 37 heavy (non-hydrogen) atoms. The Hall–Kier alpha value is -3.02. The number of hydrogen-bond acceptors (Lipinski definition) is 7. The summed E-state index contributed by atoms with van der Waals surface area (Å²) in [5.74, 6) is -0.575. The zero-order valence-corrected chi connectivity index (χ0v) is 22.1. The van der Waals surface area contributed by atoms with E-state index in [0.717, 1.165) is 41.0 Å². The number of urea groups is 1. The fraction of sp³-hybridized carbons (Fsp3) is 0.538. The number of thiophene rings is 1. The fourth-order valence-corrected chi connectivity index (χ4v) is 7.08. The van der Waals surface area contributed by atoms with Crippen LogP contribution < -0.4 is 10.6 Å². The molecule has 1 spiro atoms. The molecule has 1 unspecified atom stereocenters. The molecular formula is C26H33N5O5S. The van der Waals surface area contributed by atoms with Crippen LogP contribution in [0.2, 0.25) is 0 Å². The SMILES string of the molecule is CCNC(=O)Nc1sc2ccccc2c1C(=O)N1CCC(N2CCCC3(CC(=O)N(OC)C3=O)C2)CC1. The third-order valence-electron chi connectivity index (χ3n) is 7.79. The van der Waals surface area contributed by atoms with Crippen LogP contribution in [0.1, 0.15) is 49.4 Å². The number of rotatable bonds is 5. The molecule has 3 aliphatic rings. The Bertz CT molecular complexity index is 1220. The lowest BCUT2D eigenvalue weighted by Gasteiger charge is -2.45. The van der Waals surface area contributed by atoms with Crippen LogP contribution in [0.25, 0.3) is 10.1 Å². The van der Waals surface area contributed by atoms with Crippen LogP contribution in [-0.2, 0) is 14.4 Å². The molecule has 4 heterocycles. The predicted octanol–water partition coefficient (Wildman–Crippen LogP) is 3.05. The molecule has 198 valence electrons. The third-order valence-corrected chi connectivity index (χ3v) is 8.87. The zero-order valence-electron chi connectivity index (χ0n) is 21.2. The number of carbonyl (C=O) groups excluding carboxylic acids is 4. The second kappa shape index (κ2) is 10.4. The molecule has 1 atom stereocenters. The Balaban J connectivity index is 1.28. The van der Waals surface area contributed by atoms with Gasteiger partial charge in [-0.2, -0.15) is 5.06 Å². The number of amides is 5. The Morgan fingerprint density at radius 3 is 2.62 bits per heavy atom. The number of benzene rings is 1. The summed E-state index contributed by atoms with van der Waals surface area (Å²) in [4.78, 5) is 60.5. The Morgan fingerprint density at radius 2 is 1.92 bits per heavy atom. The lowest BCUT2D eigenvalue weighted by atomic mass is 9.77. The highest BCUT2D eigenvalue weighted by molar-refractivity contribution is 7.23. The van der Waals surface area contributed by atoms with E-state index in [-0.39, 0.29) is 36.2 Å². The van der Waals surface area contributed by atoms with Crippen molar-refractivity contribution in [3.8, 4) is 0 Å². The first-order chi connectivity index (χ1) is 17.9. The zero-order chi connectivity index (χ0) is 26.2. The Kier molecular flexibility index (Phi) is 7.19. The van der Waals surface area contributed by atoms with E-state index in [2.05, 4.69) is 15.5 Å². The number of anilines is 1. The molecule has 1 aromatic heterocycles. The molecule has 0 aliphatic carbocycles. The Labute approximate surface area is 219 Å². The molecule has 0 saturated carbocycles. The van der Waals surface area contributed by atoms with Crippen LogP contribution >= 0.6 is 11.3 Å². The number of nitrogens with zero attached hydrogens (tertiary/aromatic N) is 3. The lowest BCUT2D eigenvalue weighted by molar-refractivity contribution is -0.183. The van der Waals surface area contributed by atoms with E-state index in [1.807, 2.05) is 36.1 Å². The van der Waals surface area contributed by atoms with Crippen molar-refractivity contribution in [2.45, 2.75) is 45.1 Å². The van der Waals surface area contributed by atoms with Crippen LogP contribution in [0.3, 0.4) is 0 Å². The minimum Gasteiger partial charge on any atom is -0.338 e. The molecular weight excluding hydrogens is 494 g/mol. The lowest BCUT2D eigenvalue weighted by Crippen LogP contribution is -2.54. The average molecular weight is 528 g/mol. The highest BCUT2D eigenvalue weighted by Crippen LogP contribution is 2.42. The quantitative estimate of drug-likeness (QED) is 0.579. The van der Waals surface area contributed by atoms with E-state index < -0.39 is 5.41 Å². The summed E-state index contributed by atoms with van der Waals surface area (Å²) < 4.78 is 0.951. The molecule has 10 nitrogen and oxygen atoms in total. The van der Waals surface area contributed by atoms with Gasteiger partial charge in [0, 0.05) is 48.7 Å². The number of hydrogen-bond donors (Lipinski definition) is 2. The average Bonchev–Trinajstić information content (AvgIpc) is 3.36. The van der Waals surface area contributed by atoms with Gasteiger partial charge in [0.05, 0.1) is 18.1 Å². The van der Waals surface area contributed by atoms with Gasteiger partial charge in [-0.3, -0.25) is 29.4 Å². The van der Waals surface area contributed by atoms with E-state index >= 15 is 0 Å². The largest absolute Gasteiger partial charge is 0.338 e. The smallest absolute Gasteiger partial charge is 0.319 e. The summed E-state index contributed by atoms with van der Waals surface area (Å²) in [5.41, 5.74) is -0.162. The van der Waals surface area contributed by atoms with Crippen molar-refractivity contribution in [2.75, 3.05) is 45.2 Å². The molecule has 0 radical (unpaired) electrons. The molecule has 0 bridgehead atoms. The van der Waals surface area contributed by atoms with Crippen molar-refractivity contribution < 1.29 is 24.0 Å². The topological polar surface area (TPSA) is 111 Å². The summed E-state index contributed by atoms with van der Waals surface area (Å²) in [6, 6.07) is 7.62. The van der Waals surface area contributed by atoms with E-state index in [1.54, 1.807) is 0 Å². The number of fused-ring (bicyclic) bond motifs is 1. The first-order valence-corrected chi connectivity index (χ1v) is 13.7. The van der Waals surface area contributed by atoms with Crippen molar-refractivity contribution in [1.29, 1.82) is 0 Å². The van der Waals surface area contributed by atoms with E-state index in [9.17, 15) is 19.2 Å². The highest BCUT2D eigenvalue weighted by atomic mass is 32.1. The second-order valence-electron chi connectivity index (χ2n) is 10.0. The van der Waals surface area contributed by atoms with Gasteiger partial charge in [0.25, 0.3) is 17.7 Å². The first-order valence-electron chi connectivity index (χ1n) is 12.9. The van der Waals surface area contributed by atoms with E-state index in [0.29, 0.717) is 43.2 Å². The monoisotopic (exact) mass is 527 g/mol. The number of hydroxylamine groups is 2. The van der Waals surface area contributed by atoms with Gasteiger partial charge in [0.2, 0.25) is 0 Å². The number of nitrogens with one attached hydrogen (secondary N) is 2. The normalized spacial score (nSPS) is 23.3. The number of piperidine rings is 2. The summed E-state index contributed by atoms with van der Waals surface area (Å²) in [7, 11) is 1.36. The van der Waals surface area contributed by atoms with Gasteiger partial charge < -0.3 is 10.2 Å². The van der Waals surface area contributed by atoms with Crippen molar-refractivity contribution in [1.82, 2.24) is 20.2 Å². The number of carbonyl (C=O) groups is 4. The van der Waals surface area contributed by atoms with Crippen LogP contribution in [0.4, 0.5) is 9.80 Å². The van der Waals surface area contributed by atoms with Gasteiger partial charge in [-0.05, 0) is 45.2 Å². The summed E-state index contributed by atoms with van der Waals surface area (Å²) in [6.45, 7) is 4.95. The van der Waals surface area contributed by atoms with Crippen LogP contribution in [0.5, 0.6) is 0 Å². The number of likely N-dealkylation sites (tertiary alicyclic amines) is 2.